The predicted octanol–water partition coefficient (Wildman–Crippen LogP) is 3.46. The molecule has 0 amide bonds. The highest BCUT2D eigenvalue weighted by Crippen LogP contribution is 2.32. The van der Waals surface area contributed by atoms with Crippen LogP contribution >= 0.6 is 0 Å². The summed E-state index contributed by atoms with van der Waals surface area (Å²) in [6.45, 7) is 3.95. The summed E-state index contributed by atoms with van der Waals surface area (Å²) in [5.74, 6) is 1.23. The minimum Gasteiger partial charge on any atom is -0.388 e. The van der Waals surface area contributed by atoms with Gasteiger partial charge in [-0.15, -0.1) is 5.10 Å². The molecular formula is C21H24FN5O. The lowest BCUT2D eigenvalue weighted by atomic mass is 9.83. The van der Waals surface area contributed by atoms with Crippen LogP contribution in [0, 0.1) is 17.7 Å². The van der Waals surface area contributed by atoms with E-state index in [1.165, 1.54) is 18.9 Å². The first-order valence-corrected chi connectivity index (χ1v) is 9.87. The SMILES string of the molecule is CNc1ccc(F)c(-n2cc3cc(N4CCC(C5COC5)CC4)cnc3n2)c1. The Bertz CT molecular complexity index is 992. The van der Waals surface area contributed by atoms with E-state index in [4.69, 9.17) is 4.74 Å². The number of aromatic nitrogens is 3. The molecule has 28 heavy (non-hydrogen) atoms. The summed E-state index contributed by atoms with van der Waals surface area (Å²) >= 11 is 0. The standard InChI is InChI=1S/C21H24FN5O/c1-23-17-2-3-19(22)20(9-17)27-11-15-8-18(10-24-21(15)25-27)26-6-4-14(5-7-26)16-12-28-13-16/h2-3,8-11,14,16,23H,4-7,12-13H2,1H3. The molecule has 0 unspecified atom stereocenters. The molecule has 1 aromatic carbocycles. The smallest absolute Gasteiger partial charge is 0.181 e. The first-order valence-electron chi connectivity index (χ1n) is 9.87. The van der Waals surface area contributed by atoms with E-state index in [0.29, 0.717) is 11.3 Å². The van der Waals surface area contributed by atoms with Crippen molar-refractivity contribution in [2.75, 3.05) is 43.6 Å². The van der Waals surface area contributed by atoms with Crippen LogP contribution < -0.4 is 10.2 Å². The van der Waals surface area contributed by atoms with Crippen molar-refractivity contribution < 1.29 is 9.13 Å². The molecule has 2 aliphatic heterocycles. The number of hydrogen-bond acceptors (Lipinski definition) is 5. The van der Waals surface area contributed by atoms with E-state index in [9.17, 15) is 4.39 Å². The maximum atomic E-state index is 14.3. The minimum atomic E-state index is -0.311. The van der Waals surface area contributed by atoms with Gasteiger partial charge in [0.25, 0.3) is 0 Å². The summed E-state index contributed by atoms with van der Waals surface area (Å²) in [6.07, 6.45) is 6.13. The lowest BCUT2D eigenvalue weighted by Gasteiger charge is -2.40. The summed E-state index contributed by atoms with van der Waals surface area (Å²) in [5.41, 5.74) is 2.98. The van der Waals surface area contributed by atoms with Gasteiger partial charge in [0.15, 0.2) is 5.65 Å². The molecule has 7 heteroatoms. The summed E-state index contributed by atoms with van der Waals surface area (Å²) in [5, 5.41) is 8.41. The van der Waals surface area contributed by atoms with Gasteiger partial charge in [-0.3, -0.25) is 0 Å². The van der Waals surface area contributed by atoms with Gasteiger partial charge >= 0.3 is 0 Å². The second-order valence-electron chi connectivity index (χ2n) is 7.72. The van der Waals surface area contributed by atoms with E-state index in [-0.39, 0.29) is 5.82 Å². The van der Waals surface area contributed by atoms with Crippen LogP contribution in [0.2, 0.25) is 0 Å². The average molecular weight is 381 g/mol. The molecular weight excluding hydrogens is 357 g/mol. The summed E-state index contributed by atoms with van der Waals surface area (Å²) in [4.78, 5) is 6.92. The van der Waals surface area contributed by atoms with E-state index in [2.05, 4.69) is 26.4 Å². The number of halogens is 1. The second-order valence-corrected chi connectivity index (χ2v) is 7.72. The fourth-order valence-corrected chi connectivity index (χ4v) is 4.20. The van der Waals surface area contributed by atoms with Crippen molar-refractivity contribution in [3.05, 3.63) is 42.5 Å². The Balaban J connectivity index is 1.38. The number of hydrogen-bond donors (Lipinski definition) is 1. The minimum absolute atomic E-state index is 0.311. The molecule has 0 bridgehead atoms. The van der Waals surface area contributed by atoms with Gasteiger partial charge in [-0.1, -0.05) is 0 Å². The summed E-state index contributed by atoms with van der Waals surface area (Å²) in [6, 6.07) is 7.01. The number of fused-ring (bicyclic) bond motifs is 1. The molecule has 6 nitrogen and oxygen atoms in total. The highest BCUT2D eigenvalue weighted by molar-refractivity contribution is 5.78. The van der Waals surface area contributed by atoms with Gasteiger partial charge in [-0.2, -0.15) is 0 Å². The maximum Gasteiger partial charge on any atom is 0.181 e. The van der Waals surface area contributed by atoms with Crippen LogP contribution in [0.4, 0.5) is 15.8 Å². The third kappa shape index (κ3) is 3.09. The molecule has 4 heterocycles. The maximum absolute atomic E-state index is 14.3. The second kappa shape index (κ2) is 7.05. The fourth-order valence-electron chi connectivity index (χ4n) is 4.20. The summed E-state index contributed by atoms with van der Waals surface area (Å²) in [7, 11) is 1.81. The number of pyridine rings is 1. The third-order valence-corrected chi connectivity index (χ3v) is 6.06. The highest BCUT2D eigenvalue weighted by atomic mass is 19.1. The molecule has 146 valence electrons. The first-order chi connectivity index (χ1) is 13.7. The van der Waals surface area contributed by atoms with Crippen molar-refractivity contribution in [2.24, 2.45) is 11.8 Å². The number of anilines is 2. The van der Waals surface area contributed by atoms with Gasteiger partial charge in [0, 0.05) is 43.3 Å². The van der Waals surface area contributed by atoms with Gasteiger partial charge in [0.05, 0.1) is 25.1 Å². The van der Waals surface area contributed by atoms with Crippen molar-refractivity contribution in [1.82, 2.24) is 14.8 Å². The molecule has 5 rings (SSSR count). The number of benzene rings is 1. The van der Waals surface area contributed by atoms with Crippen LogP contribution in [0.5, 0.6) is 0 Å². The molecule has 2 saturated heterocycles. The van der Waals surface area contributed by atoms with E-state index >= 15 is 0 Å². The molecule has 0 saturated carbocycles. The number of nitrogens with zero attached hydrogens (tertiary/aromatic N) is 4. The number of nitrogens with one attached hydrogen (secondary N) is 1. The van der Waals surface area contributed by atoms with Crippen molar-refractivity contribution >= 4 is 22.4 Å². The average Bonchev–Trinajstić information content (AvgIpc) is 3.10. The van der Waals surface area contributed by atoms with Crippen LogP contribution in [0.3, 0.4) is 0 Å². The normalized spacial score (nSPS) is 18.4. The topological polar surface area (TPSA) is 55.2 Å². The van der Waals surface area contributed by atoms with E-state index in [0.717, 1.165) is 54.9 Å². The lowest BCUT2D eigenvalue weighted by molar-refractivity contribution is -0.0650. The Hall–Kier alpha value is -2.67. The third-order valence-electron chi connectivity index (χ3n) is 6.06. The van der Waals surface area contributed by atoms with E-state index < -0.39 is 0 Å². The largest absolute Gasteiger partial charge is 0.388 e. The molecule has 2 fully saturated rings. The lowest BCUT2D eigenvalue weighted by Crippen LogP contribution is -2.42. The van der Waals surface area contributed by atoms with Crippen LogP contribution in [-0.2, 0) is 4.74 Å². The van der Waals surface area contributed by atoms with E-state index in [1.54, 1.807) is 16.8 Å². The molecule has 3 aromatic rings. The van der Waals surface area contributed by atoms with Crippen LogP contribution in [0.25, 0.3) is 16.7 Å². The van der Waals surface area contributed by atoms with Crippen LogP contribution in [-0.4, -0.2) is 48.1 Å². The molecule has 0 atom stereocenters. The van der Waals surface area contributed by atoms with Crippen molar-refractivity contribution in [2.45, 2.75) is 12.8 Å². The van der Waals surface area contributed by atoms with Crippen molar-refractivity contribution in [3.8, 4) is 5.69 Å². The predicted molar refractivity (Wildman–Crippen MR) is 108 cm³/mol. The molecule has 1 N–H and O–H groups in total. The molecule has 0 radical (unpaired) electrons. The zero-order valence-electron chi connectivity index (χ0n) is 15.9. The molecule has 2 aliphatic rings. The van der Waals surface area contributed by atoms with Gasteiger partial charge in [0.2, 0.25) is 0 Å². The van der Waals surface area contributed by atoms with Gasteiger partial charge in [0.1, 0.15) is 11.5 Å². The van der Waals surface area contributed by atoms with Crippen LogP contribution in [0.15, 0.2) is 36.7 Å². The monoisotopic (exact) mass is 381 g/mol. The quantitative estimate of drug-likeness (QED) is 0.750. The fraction of sp³-hybridized carbons (Fsp3) is 0.429. The van der Waals surface area contributed by atoms with E-state index in [1.807, 2.05) is 19.4 Å². The molecule has 0 aliphatic carbocycles. The highest BCUT2D eigenvalue weighted by Gasteiger charge is 2.31. The number of ether oxygens (including phenoxy) is 1. The van der Waals surface area contributed by atoms with Gasteiger partial charge in [-0.25, -0.2) is 14.1 Å². The Morgan fingerprint density at radius 3 is 2.68 bits per heavy atom. The number of rotatable bonds is 4. The Labute approximate surface area is 163 Å². The zero-order valence-corrected chi connectivity index (χ0v) is 15.9. The van der Waals surface area contributed by atoms with Gasteiger partial charge in [-0.05, 0) is 43.0 Å². The van der Waals surface area contributed by atoms with Crippen molar-refractivity contribution in [1.29, 1.82) is 0 Å². The zero-order chi connectivity index (χ0) is 19.1. The molecule has 0 spiro atoms. The Morgan fingerprint density at radius 1 is 1.14 bits per heavy atom. The van der Waals surface area contributed by atoms with Crippen LogP contribution in [0.1, 0.15) is 12.8 Å². The number of piperidine rings is 1. The molecule has 2 aromatic heterocycles. The van der Waals surface area contributed by atoms with Crippen molar-refractivity contribution in [3.63, 3.8) is 0 Å². The Morgan fingerprint density at radius 2 is 1.96 bits per heavy atom. The first kappa shape index (κ1) is 17.4. The van der Waals surface area contributed by atoms with Gasteiger partial charge < -0.3 is 15.0 Å². The Kier molecular flexibility index (Phi) is 4.39. The summed E-state index contributed by atoms with van der Waals surface area (Å²) < 4.78 is 21.2.